The first kappa shape index (κ1) is 7.61. The number of rotatable bonds is 2. The SMILES string of the molecule is Cc1cc(NC2CNC2)nn1C. The molecule has 0 unspecified atom stereocenters. The van der Waals surface area contributed by atoms with E-state index in [1.807, 2.05) is 11.7 Å². The van der Waals surface area contributed by atoms with Crippen LogP contribution in [-0.4, -0.2) is 28.9 Å². The molecule has 1 aromatic heterocycles. The van der Waals surface area contributed by atoms with Crippen LogP contribution in [0, 0.1) is 6.92 Å². The second-order valence-corrected chi connectivity index (χ2v) is 3.29. The maximum atomic E-state index is 4.31. The zero-order valence-electron chi connectivity index (χ0n) is 7.46. The lowest BCUT2D eigenvalue weighted by Gasteiger charge is -2.27. The van der Waals surface area contributed by atoms with Crippen LogP contribution in [0.4, 0.5) is 5.82 Å². The van der Waals surface area contributed by atoms with Crippen molar-refractivity contribution < 1.29 is 0 Å². The van der Waals surface area contributed by atoms with E-state index in [0.717, 1.165) is 18.9 Å². The maximum Gasteiger partial charge on any atom is 0.148 e. The quantitative estimate of drug-likeness (QED) is 0.655. The van der Waals surface area contributed by atoms with Crippen LogP contribution in [-0.2, 0) is 7.05 Å². The first-order valence-corrected chi connectivity index (χ1v) is 4.23. The Hall–Kier alpha value is -1.03. The van der Waals surface area contributed by atoms with Gasteiger partial charge in [-0.1, -0.05) is 0 Å². The van der Waals surface area contributed by atoms with Gasteiger partial charge in [-0.2, -0.15) is 5.10 Å². The van der Waals surface area contributed by atoms with E-state index < -0.39 is 0 Å². The molecule has 0 amide bonds. The van der Waals surface area contributed by atoms with Crippen molar-refractivity contribution in [3.8, 4) is 0 Å². The third-order valence-corrected chi connectivity index (χ3v) is 2.25. The van der Waals surface area contributed by atoms with E-state index in [2.05, 4.69) is 28.7 Å². The van der Waals surface area contributed by atoms with Gasteiger partial charge in [-0.25, -0.2) is 0 Å². The third-order valence-electron chi connectivity index (χ3n) is 2.25. The highest BCUT2D eigenvalue weighted by atomic mass is 15.3. The number of nitrogens with one attached hydrogen (secondary N) is 2. The maximum absolute atomic E-state index is 4.31. The predicted molar refractivity (Wildman–Crippen MR) is 48.2 cm³/mol. The number of aryl methyl sites for hydroxylation is 2. The summed E-state index contributed by atoms with van der Waals surface area (Å²) in [6.45, 7) is 4.16. The van der Waals surface area contributed by atoms with Gasteiger partial charge in [-0.3, -0.25) is 4.68 Å². The molecule has 0 saturated carbocycles. The van der Waals surface area contributed by atoms with Gasteiger partial charge in [-0.05, 0) is 6.92 Å². The molecule has 0 aliphatic carbocycles. The summed E-state index contributed by atoms with van der Waals surface area (Å²) >= 11 is 0. The molecular formula is C8H14N4. The molecule has 4 nitrogen and oxygen atoms in total. The molecule has 2 N–H and O–H groups in total. The van der Waals surface area contributed by atoms with E-state index in [0.29, 0.717) is 6.04 Å². The van der Waals surface area contributed by atoms with Gasteiger partial charge in [0.25, 0.3) is 0 Å². The van der Waals surface area contributed by atoms with Gasteiger partial charge in [0.1, 0.15) is 5.82 Å². The second kappa shape index (κ2) is 2.79. The van der Waals surface area contributed by atoms with Crippen LogP contribution in [0.15, 0.2) is 6.07 Å². The molecule has 1 fully saturated rings. The smallest absolute Gasteiger partial charge is 0.148 e. The Kier molecular flexibility index (Phi) is 1.77. The van der Waals surface area contributed by atoms with Crippen molar-refractivity contribution in [2.45, 2.75) is 13.0 Å². The summed E-state index contributed by atoms with van der Waals surface area (Å²) in [5.41, 5.74) is 1.18. The van der Waals surface area contributed by atoms with E-state index in [1.165, 1.54) is 5.69 Å². The number of anilines is 1. The van der Waals surface area contributed by atoms with Crippen LogP contribution in [0.25, 0.3) is 0 Å². The first-order valence-electron chi connectivity index (χ1n) is 4.23. The summed E-state index contributed by atoms with van der Waals surface area (Å²) in [7, 11) is 1.96. The minimum Gasteiger partial charge on any atom is -0.363 e. The molecule has 0 radical (unpaired) electrons. The van der Waals surface area contributed by atoms with Crippen LogP contribution >= 0.6 is 0 Å². The minimum absolute atomic E-state index is 0.569. The zero-order valence-corrected chi connectivity index (χ0v) is 7.46. The third kappa shape index (κ3) is 1.30. The lowest BCUT2D eigenvalue weighted by Crippen LogP contribution is -2.51. The van der Waals surface area contributed by atoms with Gasteiger partial charge in [0.15, 0.2) is 0 Å². The highest BCUT2D eigenvalue weighted by Gasteiger charge is 2.16. The summed E-state index contributed by atoms with van der Waals surface area (Å²) in [6, 6.07) is 2.64. The second-order valence-electron chi connectivity index (χ2n) is 3.29. The van der Waals surface area contributed by atoms with Crippen LogP contribution in [0.1, 0.15) is 5.69 Å². The molecule has 2 rings (SSSR count). The summed E-state index contributed by atoms with van der Waals surface area (Å²) in [5.74, 6) is 0.988. The van der Waals surface area contributed by atoms with Crippen LogP contribution in [0.5, 0.6) is 0 Å². The van der Waals surface area contributed by atoms with Crippen molar-refractivity contribution >= 4 is 5.82 Å². The number of aromatic nitrogens is 2. The van der Waals surface area contributed by atoms with Crippen molar-refractivity contribution in [2.75, 3.05) is 18.4 Å². The molecule has 1 aliphatic heterocycles. The monoisotopic (exact) mass is 166 g/mol. The lowest BCUT2D eigenvalue weighted by atomic mass is 10.2. The molecule has 0 atom stereocenters. The highest BCUT2D eigenvalue weighted by Crippen LogP contribution is 2.09. The Morgan fingerprint density at radius 1 is 1.67 bits per heavy atom. The van der Waals surface area contributed by atoms with Crippen molar-refractivity contribution in [1.82, 2.24) is 15.1 Å². The fourth-order valence-electron chi connectivity index (χ4n) is 1.23. The fourth-order valence-corrected chi connectivity index (χ4v) is 1.23. The average molecular weight is 166 g/mol. The van der Waals surface area contributed by atoms with Crippen molar-refractivity contribution in [2.24, 2.45) is 7.05 Å². The highest BCUT2D eigenvalue weighted by molar-refractivity contribution is 5.37. The molecule has 1 saturated heterocycles. The largest absolute Gasteiger partial charge is 0.363 e. The Labute approximate surface area is 72.0 Å². The molecule has 4 heteroatoms. The Morgan fingerprint density at radius 3 is 2.83 bits per heavy atom. The molecule has 1 aliphatic rings. The van der Waals surface area contributed by atoms with Gasteiger partial charge in [0, 0.05) is 31.9 Å². The Balaban J connectivity index is 2.02. The van der Waals surface area contributed by atoms with Gasteiger partial charge in [0.05, 0.1) is 6.04 Å². The molecule has 2 heterocycles. The summed E-state index contributed by atoms with van der Waals surface area (Å²) in [6.07, 6.45) is 0. The standard InChI is InChI=1S/C8H14N4/c1-6-3-8(11-12(6)2)10-7-4-9-5-7/h3,7,9H,4-5H2,1-2H3,(H,10,11). The molecule has 0 spiro atoms. The number of hydrogen-bond acceptors (Lipinski definition) is 3. The Morgan fingerprint density at radius 2 is 2.42 bits per heavy atom. The molecular weight excluding hydrogens is 152 g/mol. The molecule has 1 aromatic rings. The zero-order chi connectivity index (χ0) is 8.55. The fraction of sp³-hybridized carbons (Fsp3) is 0.625. The van der Waals surface area contributed by atoms with Gasteiger partial charge < -0.3 is 10.6 Å². The lowest BCUT2D eigenvalue weighted by molar-refractivity contribution is 0.470. The van der Waals surface area contributed by atoms with E-state index in [1.54, 1.807) is 0 Å². The molecule has 0 bridgehead atoms. The minimum atomic E-state index is 0.569. The average Bonchev–Trinajstić information content (AvgIpc) is 2.24. The summed E-state index contributed by atoms with van der Waals surface area (Å²) < 4.78 is 1.88. The normalized spacial score (nSPS) is 17.5. The molecule has 0 aromatic carbocycles. The van der Waals surface area contributed by atoms with Gasteiger partial charge in [0.2, 0.25) is 0 Å². The van der Waals surface area contributed by atoms with Crippen molar-refractivity contribution in [3.63, 3.8) is 0 Å². The van der Waals surface area contributed by atoms with Crippen LogP contribution in [0.2, 0.25) is 0 Å². The van der Waals surface area contributed by atoms with Crippen molar-refractivity contribution in [3.05, 3.63) is 11.8 Å². The topological polar surface area (TPSA) is 41.9 Å². The first-order chi connectivity index (χ1) is 5.75. The predicted octanol–water partition coefficient (Wildman–Crippen LogP) is 0.112. The van der Waals surface area contributed by atoms with Crippen LogP contribution < -0.4 is 10.6 Å². The Bertz CT molecular complexity index is 255. The van der Waals surface area contributed by atoms with Gasteiger partial charge in [-0.15, -0.1) is 0 Å². The summed E-state index contributed by atoms with van der Waals surface area (Å²) in [5, 5.41) is 10.9. The number of hydrogen-bond donors (Lipinski definition) is 2. The van der Waals surface area contributed by atoms with E-state index >= 15 is 0 Å². The molecule has 66 valence electrons. The summed E-state index contributed by atoms with van der Waals surface area (Å²) in [4.78, 5) is 0. The van der Waals surface area contributed by atoms with Crippen molar-refractivity contribution in [1.29, 1.82) is 0 Å². The molecule has 12 heavy (non-hydrogen) atoms. The van der Waals surface area contributed by atoms with E-state index in [9.17, 15) is 0 Å². The van der Waals surface area contributed by atoms with Gasteiger partial charge >= 0.3 is 0 Å². The number of nitrogens with zero attached hydrogens (tertiary/aromatic N) is 2. The van der Waals surface area contributed by atoms with E-state index in [-0.39, 0.29) is 0 Å². The van der Waals surface area contributed by atoms with Crippen LogP contribution in [0.3, 0.4) is 0 Å². The van der Waals surface area contributed by atoms with E-state index in [4.69, 9.17) is 0 Å².